The molecule has 2 nitrogen and oxygen atoms in total. The van der Waals surface area contributed by atoms with E-state index in [1.165, 1.54) is 109 Å². The number of aryl methyl sites for hydroxylation is 1. The van der Waals surface area contributed by atoms with E-state index in [0.717, 1.165) is 23.9 Å². The van der Waals surface area contributed by atoms with Crippen LogP contribution in [0.2, 0.25) is 0 Å². The zero-order chi connectivity index (χ0) is 24.8. The molecule has 0 spiro atoms. The molecular weight excluding hydrogens is 456 g/mol. The van der Waals surface area contributed by atoms with Gasteiger partial charge in [-0.25, -0.2) is 4.31 Å². The molecule has 0 radical (unpaired) electrons. The molecule has 1 aliphatic heterocycles. The van der Waals surface area contributed by atoms with Gasteiger partial charge in [-0.2, -0.15) is 0 Å². The third kappa shape index (κ3) is 9.23. The summed E-state index contributed by atoms with van der Waals surface area (Å²) in [6, 6.07) is 24.8. The van der Waals surface area contributed by atoms with Crippen LogP contribution in [0, 0.1) is 11.8 Å². The lowest BCUT2D eigenvalue weighted by atomic mass is 9.90. The predicted octanol–water partition coefficient (Wildman–Crippen LogP) is 8.49. The van der Waals surface area contributed by atoms with Gasteiger partial charge in [0.15, 0.2) is 0 Å². The van der Waals surface area contributed by atoms with Gasteiger partial charge in [-0.05, 0) is 94.5 Å². The van der Waals surface area contributed by atoms with Crippen molar-refractivity contribution in [3.05, 3.63) is 72.3 Å². The average molecular weight is 507 g/mol. The molecule has 36 heavy (non-hydrogen) atoms. The van der Waals surface area contributed by atoms with Crippen LogP contribution in [-0.2, 0) is 6.42 Å². The predicted molar refractivity (Wildman–Crippen MR) is 158 cm³/mol. The van der Waals surface area contributed by atoms with Crippen LogP contribution in [0.4, 0.5) is 0 Å². The van der Waals surface area contributed by atoms with Gasteiger partial charge in [-0.3, -0.25) is 0 Å². The lowest BCUT2D eigenvalue weighted by molar-refractivity contribution is 0.152. The van der Waals surface area contributed by atoms with Gasteiger partial charge in [-0.1, -0.05) is 104 Å². The van der Waals surface area contributed by atoms with Crippen LogP contribution in [0.15, 0.2) is 66.7 Å². The number of hydrogen-bond acceptors (Lipinski definition) is 3. The second-order valence-electron chi connectivity index (χ2n) is 11.4. The molecule has 2 aromatic carbocycles. The molecule has 3 aliphatic rings. The van der Waals surface area contributed by atoms with E-state index in [1.807, 2.05) is 48.3 Å². The summed E-state index contributed by atoms with van der Waals surface area (Å²) in [6.07, 6.45) is 20.9. The van der Waals surface area contributed by atoms with E-state index in [1.54, 1.807) is 0 Å². The fourth-order valence-corrected chi connectivity index (χ4v) is 7.82. The Morgan fingerprint density at radius 2 is 1.36 bits per heavy atom. The van der Waals surface area contributed by atoms with Crippen molar-refractivity contribution in [1.29, 1.82) is 0 Å². The first-order valence-corrected chi connectivity index (χ1v) is 16.1. The highest BCUT2D eigenvalue weighted by Crippen LogP contribution is 2.37. The van der Waals surface area contributed by atoms with Gasteiger partial charge in [0.2, 0.25) is 0 Å². The molecule has 0 amide bonds. The Morgan fingerprint density at radius 3 is 2.00 bits per heavy atom. The van der Waals surface area contributed by atoms with E-state index < -0.39 is 0 Å². The van der Waals surface area contributed by atoms with Gasteiger partial charge in [0, 0.05) is 18.6 Å². The summed E-state index contributed by atoms with van der Waals surface area (Å²) < 4.78 is 2.83. The third-order valence-electron chi connectivity index (χ3n) is 8.83. The maximum Gasteiger partial charge on any atom is 0.0208 e. The summed E-state index contributed by atoms with van der Waals surface area (Å²) in [6.45, 7) is 4.08. The van der Waals surface area contributed by atoms with E-state index >= 15 is 0 Å². The first-order valence-electron chi connectivity index (χ1n) is 14.9. The van der Waals surface area contributed by atoms with Gasteiger partial charge in [0.05, 0.1) is 0 Å². The van der Waals surface area contributed by atoms with Gasteiger partial charge < -0.3 is 4.90 Å². The molecule has 1 heterocycles. The maximum absolute atomic E-state index is 2.83. The van der Waals surface area contributed by atoms with E-state index in [0.29, 0.717) is 0 Å². The Bertz CT molecular complexity index is 772. The van der Waals surface area contributed by atoms with Crippen LogP contribution in [0.3, 0.4) is 0 Å². The molecule has 2 atom stereocenters. The highest BCUT2D eigenvalue weighted by Gasteiger charge is 2.34. The summed E-state index contributed by atoms with van der Waals surface area (Å²) in [5.74, 6) is 1.92. The number of rotatable bonds is 9. The molecular formula is C33H50N2S. The van der Waals surface area contributed by atoms with Crippen molar-refractivity contribution in [1.82, 2.24) is 9.21 Å². The lowest BCUT2D eigenvalue weighted by Gasteiger charge is -2.37. The lowest BCUT2D eigenvalue weighted by Crippen LogP contribution is -2.39. The SMILES string of the molecule is CSN(C1CCCCC1)C1CCC(CN2CCC(CCCc3ccccc3)CC2)C1.c1ccccc1. The van der Waals surface area contributed by atoms with E-state index in [-0.39, 0.29) is 0 Å². The standard InChI is InChI=1S/C27H44N2S.C6H6/c1-30-29(26-13-6-3-7-14-26)27-16-15-25(21-27)22-28-19-17-24(18-20-28)12-8-11-23-9-4-2-5-10-23;1-2-4-6-5-3-1/h2,4-5,9-10,24-27H,3,6-8,11-22H2,1H3;1-6H. The number of hydrogen-bond donors (Lipinski definition) is 0. The Labute approximate surface area is 226 Å². The maximum atomic E-state index is 2.83. The Morgan fingerprint density at radius 1 is 0.722 bits per heavy atom. The van der Waals surface area contributed by atoms with Crippen LogP contribution in [-0.4, -0.2) is 47.2 Å². The minimum absolute atomic E-state index is 0.851. The molecule has 198 valence electrons. The summed E-state index contributed by atoms with van der Waals surface area (Å²) in [4.78, 5) is 2.81. The Balaban J connectivity index is 0.000000445. The van der Waals surface area contributed by atoms with Crippen molar-refractivity contribution in [2.45, 2.75) is 95.6 Å². The van der Waals surface area contributed by atoms with E-state index in [4.69, 9.17) is 0 Å². The molecule has 2 saturated carbocycles. The van der Waals surface area contributed by atoms with Crippen molar-refractivity contribution in [3.63, 3.8) is 0 Å². The Kier molecular flexibility index (Phi) is 12.2. The van der Waals surface area contributed by atoms with Crippen LogP contribution in [0.1, 0.15) is 82.6 Å². The van der Waals surface area contributed by atoms with Gasteiger partial charge in [0.25, 0.3) is 0 Å². The van der Waals surface area contributed by atoms with Gasteiger partial charge in [-0.15, -0.1) is 0 Å². The number of nitrogens with zero attached hydrogens (tertiary/aromatic N) is 2. The van der Waals surface area contributed by atoms with Crippen LogP contribution < -0.4 is 0 Å². The van der Waals surface area contributed by atoms with E-state index in [9.17, 15) is 0 Å². The van der Waals surface area contributed by atoms with Crippen molar-refractivity contribution < 1.29 is 0 Å². The largest absolute Gasteiger partial charge is 0.303 e. The normalized spacial score (nSPS) is 23.9. The molecule has 0 aromatic heterocycles. The fraction of sp³-hybridized carbons (Fsp3) is 0.636. The Hall–Kier alpha value is -1.29. The molecule has 5 rings (SSSR count). The van der Waals surface area contributed by atoms with Crippen molar-refractivity contribution in [3.8, 4) is 0 Å². The molecule has 3 fully saturated rings. The van der Waals surface area contributed by atoms with Gasteiger partial charge >= 0.3 is 0 Å². The number of piperidine rings is 1. The molecule has 1 saturated heterocycles. The zero-order valence-electron chi connectivity index (χ0n) is 22.8. The smallest absolute Gasteiger partial charge is 0.0208 e. The van der Waals surface area contributed by atoms with Crippen molar-refractivity contribution in [2.24, 2.45) is 11.8 Å². The summed E-state index contributed by atoms with van der Waals surface area (Å²) in [5.41, 5.74) is 1.51. The zero-order valence-corrected chi connectivity index (χ0v) is 23.6. The van der Waals surface area contributed by atoms with Gasteiger partial charge in [0.1, 0.15) is 0 Å². The monoisotopic (exact) mass is 506 g/mol. The first kappa shape index (κ1) is 27.7. The molecule has 0 N–H and O–H groups in total. The average Bonchev–Trinajstić information content (AvgIpc) is 3.40. The van der Waals surface area contributed by atoms with E-state index in [2.05, 4.69) is 45.8 Å². The number of likely N-dealkylation sites (tertiary alicyclic amines) is 1. The fourth-order valence-electron chi connectivity index (χ4n) is 6.82. The van der Waals surface area contributed by atoms with Crippen molar-refractivity contribution >= 4 is 11.9 Å². The molecule has 2 aliphatic carbocycles. The highest BCUT2D eigenvalue weighted by molar-refractivity contribution is 7.96. The second-order valence-corrected chi connectivity index (χ2v) is 12.2. The highest BCUT2D eigenvalue weighted by atomic mass is 32.2. The molecule has 2 unspecified atom stereocenters. The molecule has 2 aromatic rings. The van der Waals surface area contributed by atoms with Crippen LogP contribution in [0.5, 0.6) is 0 Å². The quantitative estimate of drug-likeness (QED) is 0.315. The molecule has 3 heteroatoms. The van der Waals surface area contributed by atoms with Crippen molar-refractivity contribution in [2.75, 3.05) is 25.9 Å². The third-order valence-corrected chi connectivity index (χ3v) is 9.85. The minimum Gasteiger partial charge on any atom is -0.303 e. The summed E-state index contributed by atoms with van der Waals surface area (Å²) in [7, 11) is 0. The minimum atomic E-state index is 0.851. The topological polar surface area (TPSA) is 6.48 Å². The molecule has 0 bridgehead atoms. The van der Waals surface area contributed by atoms with Crippen LogP contribution >= 0.6 is 11.9 Å². The summed E-state index contributed by atoms with van der Waals surface area (Å²) >= 11 is 2.05. The number of benzene rings is 2. The summed E-state index contributed by atoms with van der Waals surface area (Å²) in [5, 5.41) is 0. The second kappa shape index (κ2) is 15.8. The first-order chi connectivity index (χ1) is 17.8. The van der Waals surface area contributed by atoms with Crippen LogP contribution in [0.25, 0.3) is 0 Å².